The summed E-state index contributed by atoms with van der Waals surface area (Å²) in [5.41, 5.74) is 7.67. The van der Waals surface area contributed by atoms with Gasteiger partial charge in [-0.2, -0.15) is 0 Å². The molecule has 0 amide bonds. The summed E-state index contributed by atoms with van der Waals surface area (Å²) in [4.78, 5) is 2.57. The molecule has 0 bridgehead atoms. The van der Waals surface area contributed by atoms with E-state index in [2.05, 4.69) is 56.0 Å². The number of hydrogen-bond donors (Lipinski definition) is 1. The minimum Gasteiger partial charge on any atom is -0.326 e. The zero-order chi connectivity index (χ0) is 13.1. The second kappa shape index (κ2) is 5.85. The van der Waals surface area contributed by atoms with Crippen LogP contribution in [0, 0.1) is 11.8 Å². The summed E-state index contributed by atoms with van der Waals surface area (Å²) in [5, 5.41) is 0. The van der Waals surface area contributed by atoms with Crippen LogP contribution in [0.25, 0.3) is 0 Å². The molecule has 1 aliphatic rings. The van der Waals surface area contributed by atoms with E-state index in [-0.39, 0.29) is 0 Å². The maximum absolute atomic E-state index is 6.24. The van der Waals surface area contributed by atoms with Gasteiger partial charge in [0.05, 0.1) is 0 Å². The molecular formula is C16H26N2. The van der Waals surface area contributed by atoms with Crippen molar-refractivity contribution in [3.63, 3.8) is 0 Å². The third-order valence-corrected chi connectivity index (χ3v) is 4.21. The topological polar surface area (TPSA) is 29.3 Å². The Labute approximate surface area is 111 Å². The molecular weight excluding hydrogens is 220 g/mol. The fourth-order valence-electron chi connectivity index (χ4n) is 3.05. The Morgan fingerprint density at radius 2 is 1.89 bits per heavy atom. The van der Waals surface area contributed by atoms with Crippen LogP contribution < -0.4 is 5.73 Å². The van der Waals surface area contributed by atoms with E-state index in [4.69, 9.17) is 5.73 Å². The van der Waals surface area contributed by atoms with Crippen molar-refractivity contribution in [3.05, 3.63) is 35.9 Å². The molecule has 0 aromatic heterocycles. The summed E-state index contributed by atoms with van der Waals surface area (Å²) in [7, 11) is 0. The third kappa shape index (κ3) is 2.93. The van der Waals surface area contributed by atoms with Gasteiger partial charge in [-0.05, 0) is 30.4 Å². The summed E-state index contributed by atoms with van der Waals surface area (Å²) < 4.78 is 0. The van der Waals surface area contributed by atoms with E-state index < -0.39 is 0 Å². The number of benzene rings is 1. The maximum atomic E-state index is 6.24. The number of likely N-dealkylation sites (tertiary alicyclic amines) is 1. The number of piperidine rings is 1. The first-order chi connectivity index (χ1) is 8.59. The molecule has 1 heterocycles. The molecule has 2 heteroatoms. The highest BCUT2D eigenvalue weighted by atomic mass is 15.2. The molecule has 1 aliphatic heterocycles. The Morgan fingerprint density at radius 3 is 2.44 bits per heavy atom. The Bertz CT molecular complexity index is 361. The summed E-state index contributed by atoms with van der Waals surface area (Å²) in [6.45, 7) is 9.09. The van der Waals surface area contributed by atoms with Gasteiger partial charge >= 0.3 is 0 Å². The number of nitrogens with zero attached hydrogens (tertiary/aromatic N) is 1. The van der Waals surface area contributed by atoms with Crippen molar-refractivity contribution < 1.29 is 0 Å². The fourth-order valence-corrected chi connectivity index (χ4v) is 3.05. The molecule has 1 fully saturated rings. The van der Waals surface area contributed by atoms with Gasteiger partial charge < -0.3 is 5.73 Å². The van der Waals surface area contributed by atoms with Crippen molar-refractivity contribution in [2.45, 2.75) is 39.3 Å². The summed E-state index contributed by atoms with van der Waals surface area (Å²) in [6, 6.07) is 11.7. The van der Waals surface area contributed by atoms with Gasteiger partial charge in [0.1, 0.15) is 0 Å². The normalized spacial score (nSPS) is 27.4. The van der Waals surface area contributed by atoms with E-state index in [1.54, 1.807) is 0 Å². The van der Waals surface area contributed by atoms with Crippen molar-refractivity contribution in [2.24, 2.45) is 17.6 Å². The molecule has 3 unspecified atom stereocenters. The SMILES string of the molecule is CC(C)C(c1ccccc1)N1CCC(C)C(N)C1. The molecule has 0 aliphatic carbocycles. The average Bonchev–Trinajstić information content (AvgIpc) is 2.35. The zero-order valence-electron chi connectivity index (χ0n) is 11.8. The summed E-state index contributed by atoms with van der Waals surface area (Å²) in [6.07, 6.45) is 1.22. The lowest BCUT2D eigenvalue weighted by molar-refractivity contribution is 0.0939. The van der Waals surface area contributed by atoms with Crippen molar-refractivity contribution >= 4 is 0 Å². The van der Waals surface area contributed by atoms with E-state index in [0.717, 1.165) is 6.54 Å². The third-order valence-electron chi connectivity index (χ3n) is 4.21. The van der Waals surface area contributed by atoms with Gasteiger partial charge in [-0.15, -0.1) is 0 Å². The number of rotatable bonds is 3. The number of hydrogen-bond acceptors (Lipinski definition) is 2. The van der Waals surface area contributed by atoms with Gasteiger partial charge in [0.15, 0.2) is 0 Å². The monoisotopic (exact) mass is 246 g/mol. The van der Waals surface area contributed by atoms with Gasteiger partial charge in [-0.25, -0.2) is 0 Å². The second-order valence-corrected chi connectivity index (χ2v) is 6.02. The zero-order valence-corrected chi connectivity index (χ0v) is 11.8. The van der Waals surface area contributed by atoms with Gasteiger partial charge in [0.2, 0.25) is 0 Å². The lowest BCUT2D eigenvalue weighted by Gasteiger charge is -2.41. The Morgan fingerprint density at radius 1 is 1.22 bits per heavy atom. The molecule has 1 saturated heterocycles. The highest BCUT2D eigenvalue weighted by Gasteiger charge is 2.30. The minimum atomic E-state index is 0.323. The van der Waals surface area contributed by atoms with Crippen molar-refractivity contribution in [2.75, 3.05) is 13.1 Å². The lowest BCUT2D eigenvalue weighted by atomic mass is 9.88. The molecule has 2 nitrogen and oxygen atoms in total. The molecule has 2 rings (SSSR count). The van der Waals surface area contributed by atoms with Gasteiger partial charge in [0.25, 0.3) is 0 Å². The molecule has 1 aromatic carbocycles. The Kier molecular flexibility index (Phi) is 4.41. The maximum Gasteiger partial charge on any atom is 0.0371 e. The van der Waals surface area contributed by atoms with Crippen LogP contribution in [0.4, 0.5) is 0 Å². The average molecular weight is 246 g/mol. The van der Waals surface area contributed by atoms with Gasteiger partial charge in [-0.1, -0.05) is 51.1 Å². The fraction of sp³-hybridized carbons (Fsp3) is 0.625. The van der Waals surface area contributed by atoms with Gasteiger partial charge in [0, 0.05) is 18.6 Å². The van der Waals surface area contributed by atoms with Crippen molar-refractivity contribution in [1.82, 2.24) is 4.90 Å². The molecule has 0 saturated carbocycles. The highest BCUT2D eigenvalue weighted by Crippen LogP contribution is 2.31. The van der Waals surface area contributed by atoms with Crippen LogP contribution in [0.1, 0.15) is 38.8 Å². The molecule has 18 heavy (non-hydrogen) atoms. The molecule has 3 atom stereocenters. The van der Waals surface area contributed by atoms with E-state index in [9.17, 15) is 0 Å². The molecule has 2 N–H and O–H groups in total. The molecule has 100 valence electrons. The molecule has 0 radical (unpaired) electrons. The van der Waals surface area contributed by atoms with E-state index in [1.165, 1.54) is 18.5 Å². The van der Waals surface area contributed by atoms with Crippen LogP contribution in [0.5, 0.6) is 0 Å². The Hall–Kier alpha value is -0.860. The first-order valence-corrected chi connectivity index (χ1v) is 7.14. The van der Waals surface area contributed by atoms with E-state index in [0.29, 0.717) is 23.9 Å². The van der Waals surface area contributed by atoms with Crippen LogP contribution in [0.2, 0.25) is 0 Å². The predicted octanol–water partition coefficient (Wildman–Crippen LogP) is 3.05. The Balaban J connectivity index is 2.16. The van der Waals surface area contributed by atoms with E-state index in [1.807, 2.05) is 0 Å². The van der Waals surface area contributed by atoms with Crippen LogP contribution in [0.3, 0.4) is 0 Å². The summed E-state index contributed by atoms with van der Waals surface area (Å²) >= 11 is 0. The molecule has 0 spiro atoms. The quantitative estimate of drug-likeness (QED) is 0.888. The van der Waals surface area contributed by atoms with E-state index >= 15 is 0 Å². The second-order valence-electron chi connectivity index (χ2n) is 6.02. The van der Waals surface area contributed by atoms with Crippen LogP contribution in [-0.2, 0) is 0 Å². The lowest BCUT2D eigenvalue weighted by Crippen LogP contribution is -2.49. The van der Waals surface area contributed by atoms with Crippen LogP contribution in [-0.4, -0.2) is 24.0 Å². The summed E-state index contributed by atoms with van der Waals surface area (Å²) in [5.74, 6) is 1.28. The largest absolute Gasteiger partial charge is 0.326 e. The van der Waals surface area contributed by atoms with Crippen LogP contribution >= 0.6 is 0 Å². The van der Waals surface area contributed by atoms with Crippen molar-refractivity contribution in [1.29, 1.82) is 0 Å². The minimum absolute atomic E-state index is 0.323. The first kappa shape index (κ1) is 13.6. The predicted molar refractivity (Wildman–Crippen MR) is 77.4 cm³/mol. The molecule has 1 aromatic rings. The van der Waals surface area contributed by atoms with Crippen LogP contribution in [0.15, 0.2) is 30.3 Å². The standard InChI is InChI=1S/C16H26N2/c1-12(2)16(14-7-5-4-6-8-14)18-10-9-13(3)15(17)11-18/h4-8,12-13,15-16H,9-11,17H2,1-3H3. The van der Waals surface area contributed by atoms with Gasteiger partial charge in [-0.3, -0.25) is 4.90 Å². The number of nitrogens with two attached hydrogens (primary N) is 1. The van der Waals surface area contributed by atoms with Crippen molar-refractivity contribution in [3.8, 4) is 0 Å². The highest BCUT2D eigenvalue weighted by molar-refractivity contribution is 5.20. The smallest absolute Gasteiger partial charge is 0.0371 e. The first-order valence-electron chi connectivity index (χ1n) is 7.14.